The number of nitrogens with zero attached hydrogens (tertiary/aromatic N) is 1. The molecule has 0 saturated carbocycles. The second-order valence-electron chi connectivity index (χ2n) is 6.79. The van der Waals surface area contributed by atoms with Crippen LogP contribution in [-0.4, -0.2) is 30.6 Å². The highest BCUT2D eigenvalue weighted by Crippen LogP contribution is 2.31. The van der Waals surface area contributed by atoms with Gasteiger partial charge in [-0.15, -0.1) is 0 Å². The molecule has 0 aliphatic carbocycles. The van der Waals surface area contributed by atoms with Crippen molar-refractivity contribution in [3.05, 3.63) is 35.4 Å². The fraction of sp³-hybridized carbons (Fsp3) is 0.684. The van der Waals surface area contributed by atoms with Gasteiger partial charge in [-0.2, -0.15) is 0 Å². The normalized spacial score (nSPS) is 22.7. The summed E-state index contributed by atoms with van der Waals surface area (Å²) in [5, 5.41) is 3.55. The van der Waals surface area contributed by atoms with E-state index < -0.39 is 0 Å². The quantitative estimate of drug-likeness (QED) is 0.850. The molecule has 2 nitrogen and oxygen atoms in total. The van der Waals surface area contributed by atoms with Gasteiger partial charge in [-0.05, 0) is 56.8 Å². The summed E-state index contributed by atoms with van der Waals surface area (Å²) in [6.45, 7) is 10.6. The summed E-state index contributed by atoms with van der Waals surface area (Å²) in [6.07, 6.45) is 3.81. The predicted octanol–water partition coefficient (Wildman–Crippen LogP) is 4.02. The number of benzene rings is 1. The van der Waals surface area contributed by atoms with Gasteiger partial charge in [-0.3, -0.25) is 4.90 Å². The van der Waals surface area contributed by atoms with E-state index in [0.717, 1.165) is 18.4 Å². The molecule has 1 aromatic rings. The van der Waals surface area contributed by atoms with Gasteiger partial charge in [0.05, 0.1) is 0 Å². The zero-order valence-electron chi connectivity index (χ0n) is 14.4. The third-order valence-electron chi connectivity index (χ3n) is 5.18. The molecule has 0 radical (unpaired) electrons. The number of likely N-dealkylation sites (N-methyl/N-ethyl adjacent to an activating group) is 1. The molecule has 1 aromatic carbocycles. The van der Waals surface area contributed by atoms with Gasteiger partial charge in [0.2, 0.25) is 0 Å². The first kappa shape index (κ1) is 16.5. The van der Waals surface area contributed by atoms with E-state index >= 15 is 0 Å². The van der Waals surface area contributed by atoms with Crippen LogP contribution in [0.5, 0.6) is 0 Å². The third-order valence-corrected chi connectivity index (χ3v) is 5.18. The second-order valence-corrected chi connectivity index (χ2v) is 6.79. The third kappa shape index (κ3) is 3.67. The Morgan fingerprint density at radius 3 is 2.38 bits per heavy atom. The van der Waals surface area contributed by atoms with Crippen LogP contribution in [0.15, 0.2) is 24.3 Å². The molecule has 21 heavy (non-hydrogen) atoms. The zero-order chi connectivity index (χ0) is 15.4. The summed E-state index contributed by atoms with van der Waals surface area (Å²) in [7, 11) is 2.09. The van der Waals surface area contributed by atoms with Crippen molar-refractivity contribution in [3.63, 3.8) is 0 Å². The number of rotatable bonds is 6. The fourth-order valence-electron chi connectivity index (χ4n) is 3.88. The number of hydrogen-bond donors (Lipinski definition) is 1. The van der Waals surface area contributed by atoms with E-state index in [2.05, 4.69) is 69.2 Å². The van der Waals surface area contributed by atoms with Gasteiger partial charge in [0.25, 0.3) is 0 Å². The van der Waals surface area contributed by atoms with Crippen LogP contribution in [0, 0.1) is 5.92 Å². The lowest BCUT2D eigenvalue weighted by atomic mass is 9.95. The maximum atomic E-state index is 3.55. The van der Waals surface area contributed by atoms with Crippen molar-refractivity contribution < 1.29 is 0 Å². The van der Waals surface area contributed by atoms with E-state index in [1.54, 1.807) is 0 Å². The average Bonchev–Trinajstić information content (AvgIpc) is 2.98. The lowest BCUT2D eigenvalue weighted by molar-refractivity contribution is 0.129. The van der Waals surface area contributed by atoms with E-state index in [0.29, 0.717) is 12.1 Å². The van der Waals surface area contributed by atoms with Gasteiger partial charge in [-0.1, -0.05) is 45.0 Å². The standard InChI is InChI=1S/C19H32N2/c1-6-16-9-11-17(12-10-16)19(20-5)15(4)21-13-7-8-18(21)14(2)3/h9-12,14-15,18-20H,6-8,13H2,1-5H3. The number of likely N-dealkylation sites (tertiary alicyclic amines) is 1. The van der Waals surface area contributed by atoms with Crippen LogP contribution in [0.1, 0.15) is 57.7 Å². The Morgan fingerprint density at radius 1 is 1.19 bits per heavy atom. The molecule has 1 heterocycles. The van der Waals surface area contributed by atoms with Gasteiger partial charge >= 0.3 is 0 Å². The largest absolute Gasteiger partial charge is 0.312 e. The van der Waals surface area contributed by atoms with Crippen LogP contribution in [0.2, 0.25) is 0 Å². The van der Waals surface area contributed by atoms with Crippen molar-refractivity contribution >= 4 is 0 Å². The maximum absolute atomic E-state index is 3.55. The average molecular weight is 288 g/mol. The summed E-state index contributed by atoms with van der Waals surface area (Å²) in [5.41, 5.74) is 2.83. The molecule has 3 unspecified atom stereocenters. The van der Waals surface area contributed by atoms with Gasteiger partial charge in [-0.25, -0.2) is 0 Å². The lowest BCUT2D eigenvalue weighted by Gasteiger charge is -2.37. The Labute approximate surface area is 130 Å². The van der Waals surface area contributed by atoms with Crippen LogP contribution in [0.25, 0.3) is 0 Å². The molecule has 3 atom stereocenters. The Balaban J connectivity index is 2.15. The number of aryl methyl sites for hydroxylation is 1. The summed E-state index contributed by atoms with van der Waals surface area (Å²) in [5.74, 6) is 0.745. The van der Waals surface area contributed by atoms with Crippen molar-refractivity contribution in [1.82, 2.24) is 10.2 Å². The molecular weight excluding hydrogens is 256 g/mol. The predicted molar refractivity (Wildman–Crippen MR) is 91.6 cm³/mol. The molecule has 0 bridgehead atoms. The molecule has 1 aliphatic heterocycles. The van der Waals surface area contributed by atoms with Crippen LogP contribution >= 0.6 is 0 Å². The minimum Gasteiger partial charge on any atom is -0.312 e. The SMILES string of the molecule is CCc1ccc(C(NC)C(C)N2CCCC2C(C)C)cc1. The molecule has 2 rings (SSSR count). The van der Waals surface area contributed by atoms with Crippen LogP contribution in [-0.2, 0) is 6.42 Å². The van der Waals surface area contributed by atoms with Crippen molar-refractivity contribution in [2.75, 3.05) is 13.6 Å². The Kier molecular flexibility index (Phi) is 5.83. The van der Waals surface area contributed by atoms with E-state index in [9.17, 15) is 0 Å². The van der Waals surface area contributed by atoms with Gasteiger partial charge in [0.1, 0.15) is 0 Å². The second kappa shape index (κ2) is 7.42. The summed E-state index contributed by atoms with van der Waals surface area (Å²) < 4.78 is 0. The van der Waals surface area contributed by atoms with Crippen LogP contribution < -0.4 is 5.32 Å². The molecule has 0 amide bonds. The van der Waals surface area contributed by atoms with Crippen molar-refractivity contribution in [2.45, 2.75) is 65.1 Å². The minimum atomic E-state index is 0.412. The first-order valence-corrected chi connectivity index (χ1v) is 8.60. The van der Waals surface area contributed by atoms with Gasteiger partial charge < -0.3 is 5.32 Å². The Hall–Kier alpha value is -0.860. The molecule has 1 saturated heterocycles. The minimum absolute atomic E-state index is 0.412. The zero-order valence-corrected chi connectivity index (χ0v) is 14.4. The van der Waals surface area contributed by atoms with Crippen molar-refractivity contribution in [2.24, 2.45) is 5.92 Å². The summed E-state index contributed by atoms with van der Waals surface area (Å²) in [4.78, 5) is 2.72. The monoisotopic (exact) mass is 288 g/mol. The van der Waals surface area contributed by atoms with Crippen LogP contribution in [0.4, 0.5) is 0 Å². The fourth-order valence-corrected chi connectivity index (χ4v) is 3.88. The van der Waals surface area contributed by atoms with Crippen molar-refractivity contribution in [3.8, 4) is 0 Å². The highest BCUT2D eigenvalue weighted by atomic mass is 15.2. The number of hydrogen-bond acceptors (Lipinski definition) is 2. The van der Waals surface area contributed by atoms with Gasteiger partial charge in [0.15, 0.2) is 0 Å². The summed E-state index contributed by atoms with van der Waals surface area (Å²) >= 11 is 0. The molecule has 0 aromatic heterocycles. The molecular formula is C19H32N2. The maximum Gasteiger partial charge on any atom is 0.0473 e. The Morgan fingerprint density at radius 2 is 1.86 bits per heavy atom. The van der Waals surface area contributed by atoms with E-state index in [-0.39, 0.29) is 0 Å². The smallest absolute Gasteiger partial charge is 0.0473 e. The molecule has 2 heteroatoms. The van der Waals surface area contributed by atoms with E-state index in [1.807, 2.05) is 0 Å². The molecule has 1 N–H and O–H groups in total. The Bertz CT molecular complexity index is 424. The highest BCUT2D eigenvalue weighted by molar-refractivity contribution is 5.26. The first-order chi connectivity index (χ1) is 10.1. The van der Waals surface area contributed by atoms with E-state index in [4.69, 9.17) is 0 Å². The first-order valence-electron chi connectivity index (χ1n) is 8.60. The highest BCUT2D eigenvalue weighted by Gasteiger charge is 2.34. The van der Waals surface area contributed by atoms with Crippen molar-refractivity contribution in [1.29, 1.82) is 0 Å². The topological polar surface area (TPSA) is 15.3 Å². The molecule has 1 aliphatic rings. The lowest BCUT2D eigenvalue weighted by Crippen LogP contribution is -2.46. The molecule has 118 valence electrons. The van der Waals surface area contributed by atoms with Crippen LogP contribution in [0.3, 0.4) is 0 Å². The van der Waals surface area contributed by atoms with Gasteiger partial charge in [0, 0.05) is 18.1 Å². The molecule has 1 fully saturated rings. The van der Waals surface area contributed by atoms with E-state index in [1.165, 1.54) is 30.5 Å². The summed E-state index contributed by atoms with van der Waals surface area (Å²) in [6, 6.07) is 10.8. The molecule has 0 spiro atoms. The number of nitrogens with one attached hydrogen (secondary N) is 1.